The third kappa shape index (κ3) is 7.09. The van der Waals surface area contributed by atoms with Gasteiger partial charge >= 0.3 is 366 Å². The van der Waals surface area contributed by atoms with Crippen LogP contribution in [-0.4, -0.2) is 17.4 Å². The van der Waals surface area contributed by atoms with E-state index < -0.39 is 27.8 Å². The van der Waals surface area contributed by atoms with Crippen molar-refractivity contribution in [1.82, 2.24) is 10.5 Å². The molecule has 6 aromatic rings. The molecule has 2 aliphatic carbocycles. The van der Waals surface area contributed by atoms with Gasteiger partial charge in [-0.1, -0.05) is 0 Å². The maximum absolute atomic E-state index is 12.9. The van der Waals surface area contributed by atoms with Crippen LogP contribution in [0.2, 0.25) is 0 Å². The average Bonchev–Trinajstić information content (AvgIpc) is 3.91. The average molecular weight is 995 g/mol. The molecule has 2 aliphatic rings. The summed E-state index contributed by atoms with van der Waals surface area (Å²) in [4.78, 5) is 25.7. The Morgan fingerprint density at radius 1 is 0.533 bits per heavy atom. The van der Waals surface area contributed by atoms with Gasteiger partial charge in [0.05, 0.1) is 0 Å². The predicted octanol–water partition coefficient (Wildman–Crippen LogP) is 13.4. The zero-order chi connectivity index (χ0) is 42.0. The van der Waals surface area contributed by atoms with E-state index in [0.29, 0.717) is 24.7 Å². The third-order valence-electron chi connectivity index (χ3n) is 13.3. The normalized spacial score (nSPS) is 17.2. The summed E-state index contributed by atoms with van der Waals surface area (Å²) >= 11 is -6.40. The second-order valence-electron chi connectivity index (χ2n) is 16.4. The molecule has 0 radical (unpaired) electrons. The van der Waals surface area contributed by atoms with Crippen molar-refractivity contribution in [3.05, 3.63) is 190 Å². The van der Waals surface area contributed by atoms with Crippen LogP contribution in [-0.2, 0) is 25.5 Å². The molecule has 60 heavy (non-hydrogen) atoms. The van der Waals surface area contributed by atoms with E-state index >= 15 is 0 Å². The van der Waals surface area contributed by atoms with Gasteiger partial charge in [0, 0.05) is 0 Å². The first-order valence-corrected chi connectivity index (χ1v) is 36.2. The van der Waals surface area contributed by atoms with Crippen molar-refractivity contribution in [3.8, 4) is 22.3 Å². The number of carbonyl (C=O) groups excluding carboxylic acids is 2. The van der Waals surface area contributed by atoms with E-state index in [-0.39, 0.29) is 0 Å². The summed E-state index contributed by atoms with van der Waals surface area (Å²) in [6.45, 7) is 8.99. The SMILES string of the molecule is CCC(C)c1ccccc1-c1cccc2c1C=C(c1ccccc1)[CH]2[Hf]([Cl])([Cl])([B](NC=O)NC=O)[CH]1C(c2ccccc2)=Cc2c(-c3ccccc3C(C)CC)cccc21. The number of hydrogen-bond donors (Lipinski definition) is 2. The first-order chi connectivity index (χ1) is 29.2. The number of benzene rings is 6. The van der Waals surface area contributed by atoms with Crippen LogP contribution in [0.1, 0.15) is 104 Å². The molecule has 0 aliphatic heterocycles. The van der Waals surface area contributed by atoms with Gasteiger partial charge in [0.1, 0.15) is 0 Å². The van der Waals surface area contributed by atoms with Crippen molar-refractivity contribution in [2.75, 3.05) is 0 Å². The van der Waals surface area contributed by atoms with Gasteiger partial charge in [-0.2, -0.15) is 0 Å². The number of hydrogen-bond acceptors (Lipinski definition) is 2. The van der Waals surface area contributed by atoms with Gasteiger partial charge in [-0.25, -0.2) is 0 Å². The molecule has 4 atom stereocenters. The topological polar surface area (TPSA) is 58.2 Å². The molecule has 2 amide bonds. The van der Waals surface area contributed by atoms with Crippen molar-refractivity contribution in [1.29, 1.82) is 0 Å². The molecule has 0 heterocycles. The van der Waals surface area contributed by atoms with Crippen molar-refractivity contribution in [2.24, 2.45) is 0 Å². The molecule has 4 nitrogen and oxygen atoms in total. The quantitative estimate of drug-likeness (QED) is 0.0796. The summed E-state index contributed by atoms with van der Waals surface area (Å²) in [6.07, 6.45) is 7.81. The number of allylic oxidation sites excluding steroid dienone is 2. The van der Waals surface area contributed by atoms with Gasteiger partial charge in [-0.3, -0.25) is 0 Å². The zero-order valence-corrected chi connectivity index (χ0v) is 39.6. The number of halogens is 2. The first-order valence-electron chi connectivity index (χ1n) is 21.1. The van der Waals surface area contributed by atoms with E-state index in [1.165, 1.54) is 22.3 Å². The molecule has 2 N–H and O–H groups in total. The summed E-state index contributed by atoms with van der Waals surface area (Å²) < 4.78 is -2.19. The monoisotopic (exact) mass is 995 g/mol. The molecule has 301 valence electrons. The Kier molecular flexibility index (Phi) is 12.1. The van der Waals surface area contributed by atoms with Gasteiger partial charge in [-0.05, 0) is 0 Å². The van der Waals surface area contributed by atoms with Gasteiger partial charge in [0.2, 0.25) is 0 Å². The number of carbonyl (C=O) groups is 2. The standard InChI is InChI=1S/2C25H23.C2H3BN2O2.2ClH.Hf/c2*1-3-18(2)22-13-7-8-14-23(22)24-15-9-12-20-16-21(17-25(20)24)19-10-5-4-6-11-19;6-1-4-3-5-2-7;;;/h2*4-18H,3H2,1-2H3;1-2H,(H-,4,5,6,7);2*1H;/q;;;;;+1/p-1. The van der Waals surface area contributed by atoms with E-state index in [1.54, 1.807) is 0 Å². The molecule has 0 aromatic heterocycles. The Labute approximate surface area is 363 Å². The summed E-state index contributed by atoms with van der Waals surface area (Å²) in [5, 5.41) is 6.07. The second-order valence-corrected chi connectivity index (χ2v) is 46.9. The molecule has 0 spiro atoms. The van der Waals surface area contributed by atoms with Crippen LogP contribution in [0.5, 0.6) is 0 Å². The molecule has 0 fully saturated rings. The van der Waals surface area contributed by atoms with Crippen LogP contribution >= 0.6 is 17.2 Å². The van der Waals surface area contributed by atoms with Crippen LogP contribution in [0, 0.1) is 0 Å². The fourth-order valence-corrected chi connectivity index (χ4v) is 38.3. The van der Waals surface area contributed by atoms with Crippen molar-refractivity contribution in [3.63, 3.8) is 0 Å². The Morgan fingerprint density at radius 2 is 0.900 bits per heavy atom. The van der Waals surface area contributed by atoms with E-state index in [4.69, 9.17) is 17.2 Å². The molecule has 0 saturated heterocycles. The number of fused-ring (bicyclic) bond motifs is 2. The van der Waals surface area contributed by atoms with E-state index in [0.717, 1.165) is 68.5 Å². The van der Waals surface area contributed by atoms with Crippen molar-refractivity contribution >= 4 is 57.8 Å². The zero-order valence-electron chi connectivity index (χ0n) is 34.5. The Hall–Kier alpha value is -4.74. The van der Waals surface area contributed by atoms with E-state index in [1.807, 2.05) is 36.4 Å². The van der Waals surface area contributed by atoms with Crippen LogP contribution in [0.15, 0.2) is 146 Å². The fourth-order valence-electron chi connectivity index (χ4n) is 10.0. The first kappa shape index (κ1) is 42.0. The molecule has 6 aromatic carbocycles. The Morgan fingerprint density at radius 3 is 1.28 bits per heavy atom. The molecule has 8 heteroatoms. The molecule has 0 bridgehead atoms. The summed E-state index contributed by atoms with van der Waals surface area (Å²) in [5.74, 6) is 0.675. The van der Waals surface area contributed by atoms with Gasteiger partial charge in [0.25, 0.3) is 0 Å². The van der Waals surface area contributed by atoms with Gasteiger partial charge in [-0.15, -0.1) is 0 Å². The summed E-state index contributed by atoms with van der Waals surface area (Å²) in [5.41, 5.74) is 15.1. The number of nitrogens with one attached hydrogen (secondary N) is 2. The predicted molar refractivity (Wildman–Crippen MR) is 251 cm³/mol. The molecule has 4 unspecified atom stereocenters. The second kappa shape index (κ2) is 17.3. The van der Waals surface area contributed by atoms with Gasteiger partial charge in [0.15, 0.2) is 0 Å². The summed E-state index contributed by atoms with van der Waals surface area (Å²) in [6, 6.07) is 50.8. The molecular weight excluding hydrogens is 945 g/mol. The van der Waals surface area contributed by atoms with Gasteiger partial charge < -0.3 is 0 Å². The molecule has 0 saturated carbocycles. The number of rotatable bonds is 15. The number of amides is 2. The fraction of sp³-hybridized carbons (Fsp3) is 0.192. The third-order valence-corrected chi connectivity index (χ3v) is 41.5. The minimum atomic E-state index is -6.40. The van der Waals surface area contributed by atoms with Crippen molar-refractivity contribution in [2.45, 2.75) is 59.7 Å². The summed E-state index contributed by atoms with van der Waals surface area (Å²) in [7, 11) is 17.9. The Bertz CT molecular complexity index is 2450. The molecular formula is C52H50BCl2HfN2O2. The molecule has 8 rings (SSSR count). The maximum atomic E-state index is 12.9. The van der Waals surface area contributed by atoms with E-state index in [9.17, 15) is 9.59 Å². The van der Waals surface area contributed by atoms with Crippen LogP contribution in [0.25, 0.3) is 45.6 Å². The van der Waals surface area contributed by atoms with Crippen LogP contribution in [0.3, 0.4) is 0 Å². The van der Waals surface area contributed by atoms with Crippen molar-refractivity contribution < 1.29 is 25.5 Å². The van der Waals surface area contributed by atoms with Crippen LogP contribution < -0.4 is 10.5 Å². The Balaban J connectivity index is 1.48. The van der Waals surface area contributed by atoms with Crippen LogP contribution in [0.4, 0.5) is 0 Å². The minimum absolute atomic E-state index is 0.337. The van der Waals surface area contributed by atoms with E-state index in [2.05, 4.69) is 159 Å².